The second-order valence-electron chi connectivity index (χ2n) is 5.44. The lowest BCUT2D eigenvalue weighted by atomic mass is 9.99. The van der Waals surface area contributed by atoms with Crippen LogP contribution in [0.2, 0.25) is 0 Å². The summed E-state index contributed by atoms with van der Waals surface area (Å²) in [5.41, 5.74) is 0.234. The Kier molecular flexibility index (Phi) is 5.74. The van der Waals surface area contributed by atoms with Crippen molar-refractivity contribution in [1.29, 1.82) is 0 Å². The quantitative estimate of drug-likeness (QED) is 0.623. The predicted molar refractivity (Wildman–Crippen MR) is 79.2 cm³/mol. The zero-order valence-electron chi connectivity index (χ0n) is 12.1. The molecule has 0 fully saturated rings. The summed E-state index contributed by atoms with van der Waals surface area (Å²) < 4.78 is 10.9. The molecule has 1 aromatic rings. The van der Waals surface area contributed by atoms with E-state index in [2.05, 4.69) is 15.9 Å². The van der Waals surface area contributed by atoms with Gasteiger partial charge in [-0.25, -0.2) is 0 Å². The van der Waals surface area contributed by atoms with Gasteiger partial charge in [-0.1, -0.05) is 28.1 Å². The van der Waals surface area contributed by atoms with Crippen LogP contribution in [0.25, 0.3) is 0 Å². The summed E-state index contributed by atoms with van der Waals surface area (Å²) >= 11 is 3.34. The van der Waals surface area contributed by atoms with E-state index < -0.39 is 23.5 Å². The highest BCUT2D eigenvalue weighted by atomic mass is 79.9. The molecule has 0 aliphatic heterocycles. The maximum Gasteiger partial charge on any atom is 0.321 e. The van der Waals surface area contributed by atoms with E-state index in [1.165, 1.54) is 7.11 Å². The van der Waals surface area contributed by atoms with Gasteiger partial charge in [0.25, 0.3) is 0 Å². The third-order valence-electron chi connectivity index (χ3n) is 2.53. The van der Waals surface area contributed by atoms with Crippen LogP contribution in [0.4, 0.5) is 0 Å². The lowest BCUT2D eigenvalue weighted by Crippen LogP contribution is -2.34. The van der Waals surface area contributed by atoms with Crippen molar-refractivity contribution in [3.8, 4) is 0 Å². The van der Waals surface area contributed by atoms with Gasteiger partial charge in [0.05, 0.1) is 7.11 Å². The van der Waals surface area contributed by atoms with Crippen molar-refractivity contribution in [3.05, 3.63) is 34.3 Å². The van der Waals surface area contributed by atoms with Crippen LogP contribution in [-0.2, 0) is 25.5 Å². The number of esters is 2. The van der Waals surface area contributed by atoms with Gasteiger partial charge in [0, 0.05) is 4.47 Å². The molecule has 5 heteroatoms. The summed E-state index contributed by atoms with van der Waals surface area (Å²) in [5.74, 6) is -2.09. The predicted octanol–water partition coefficient (Wildman–Crippen LogP) is 3.12. The lowest BCUT2D eigenvalue weighted by molar-refractivity contribution is -0.168. The minimum absolute atomic E-state index is 0.259. The second-order valence-corrected chi connectivity index (χ2v) is 6.36. The smallest absolute Gasteiger partial charge is 0.321 e. The highest BCUT2D eigenvalue weighted by molar-refractivity contribution is 9.10. The van der Waals surface area contributed by atoms with E-state index in [1.807, 2.05) is 24.3 Å². The molecule has 1 rings (SSSR count). The Hall–Kier alpha value is -1.36. The number of halogens is 1. The third-order valence-corrected chi connectivity index (χ3v) is 3.06. The van der Waals surface area contributed by atoms with E-state index in [-0.39, 0.29) is 6.42 Å². The van der Waals surface area contributed by atoms with Gasteiger partial charge in [0.2, 0.25) is 0 Å². The summed E-state index contributed by atoms with van der Waals surface area (Å²) in [4.78, 5) is 23.9. The number of ether oxygens (including phenoxy) is 2. The Balaban J connectivity index is 2.87. The summed E-state index contributed by atoms with van der Waals surface area (Å²) in [6, 6.07) is 7.42. The summed E-state index contributed by atoms with van der Waals surface area (Å²) in [7, 11) is 1.27. The van der Waals surface area contributed by atoms with Crippen LogP contribution in [0.15, 0.2) is 28.7 Å². The number of carbonyl (C=O) groups excluding carboxylic acids is 2. The fourth-order valence-electron chi connectivity index (χ4n) is 1.63. The van der Waals surface area contributed by atoms with Crippen molar-refractivity contribution in [2.24, 2.45) is 5.92 Å². The minimum atomic E-state index is -0.944. The number of benzene rings is 1. The maximum atomic E-state index is 12.1. The van der Waals surface area contributed by atoms with Crippen molar-refractivity contribution in [2.75, 3.05) is 7.11 Å². The van der Waals surface area contributed by atoms with Gasteiger partial charge in [0.15, 0.2) is 5.92 Å². The molecule has 1 aromatic carbocycles. The molecule has 0 N–H and O–H groups in total. The van der Waals surface area contributed by atoms with Crippen molar-refractivity contribution in [1.82, 2.24) is 0 Å². The van der Waals surface area contributed by atoms with Crippen LogP contribution in [0, 0.1) is 5.92 Å². The molecule has 0 amide bonds. The zero-order valence-corrected chi connectivity index (χ0v) is 13.7. The highest BCUT2D eigenvalue weighted by Crippen LogP contribution is 2.18. The first-order chi connectivity index (χ1) is 9.23. The Labute approximate surface area is 127 Å². The van der Waals surface area contributed by atoms with Crippen LogP contribution >= 0.6 is 15.9 Å². The number of carbonyl (C=O) groups is 2. The summed E-state index contributed by atoms with van der Waals surface area (Å²) in [5, 5.41) is 0. The number of methoxy groups -OCH3 is 1. The van der Waals surface area contributed by atoms with E-state index in [4.69, 9.17) is 9.47 Å². The Bertz CT molecular complexity index is 474. The van der Waals surface area contributed by atoms with E-state index in [0.29, 0.717) is 0 Å². The normalized spacial score (nSPS) is 12.7. The molecule has 0 aliphatic rings. The molecule has 4 nitrogen and oxygen atoms in total. The van der Waals surface area contributed by atoms with Gasteiger partial charge in [-0.2, -0.15) is 0 Å². The van der Waals surface area contributed by atoms with Crippen molar-refractivity contribution < 1.29 is 19.1 Å². The van der Waals surface area contributed by atoms with Gasteiger partial charge in [0.1, 0.15) is 5.60 Å². The van der Waals surface area contributed by atoms with E-state index in [1.54, 1.807) is 20.8 Å². The van der Waals surface area contributed by atoms with Crippen LogP contribution in [0.5, 0.6) is 0 Å². The monoisotopic (exact) mass is 342 g/mol. The fourth-order valence-corrected chi connectivity index (χ4v) is 1.90. The zero-order chi connectivity index (χ0) is 15.3. The number of hydrogen-bond acceptors (Lipinski definition) is 4. The average Bonchev–Trinajstić information content (AvgIpc) is 2.35. The van der Waals surface area contributed by atoms with E-state index in [0.717, 1.165) is 10.0 Å². The fraction of sp³-hybridized carbons (Fsp3) is 0.467. The molecule has 0 saturated carbocycles. The Morgan fingerprint density at radius 3 is 2.15 bits per heavy atom. The topological polar surface area (TPSA) is 52.6 Å². The van der Waals surface area contributed by atoms with Crippen molar-refractivity contribution in [3.63, 3.8) is 0 Å². The largest absolute Gasteiger partial charge is 0.468 e. The first-order valence-electron chi connectivity index (χ1n) is 6.28. The first kappa shape index (κ1) is 16.7. The van der Waals surface area contributed by atoms with Crippen LogP contribution in [-0.4, -0.2) is 24.6 Å². The second kappa shape index (κ2) is 6.88. The lowest BCUT2D eigenvalue weighted by Gasteiger charge is -2.23. The molecule has 1 atom stereocenters. The van der Waals surface area contributed by atoms with E-state index >= 15 is 0 Å². The standard InChI is InChI=1S/C15H19BrO4/c1-15(2,3)20-14(18)12(13(17)19-4)9-10-5-7-11(16)8-6-10/h5-8,12H,9H2,1-4H3. The van der Waals surface area contributed by atoms with Crippen molar-refractivity contribution >= 4 is 27.9 Å². The minimum Gasteiger partial charge on any atom is -0.468 e. The van der Waals surface area contributed by atoms with Gasteiger partial charge in [-0.15, -0.1) is 0 Å². The number of rotatable bonds is 4. The molecular weight excluding hydrogens is 324 g/mol. The summed E-state index contributed by atoms with van der Waals surface area (Å²) in [6.07, 6.45) is 0.259. The molecule has 1 unspecified atom stereocenters. The van der Waals surface area contributed by atoms with Gasteiger partial charge in [-0.3, -0.25) is 9.59 Å². The van der Waals surface area contributed by atoms with Gasteiger partial charge in [-0.05, 0) is 44.9 Å². The maximum absolute atomic E-state index is 12.1. The first-order valence-corrected chi connectivity index (χ1v) is 7.07. The Morgan fingerprint density at radius 1 is 1.15 bits per heavy atom. The SMILES string of the molecule is COC(=O)C(Cc1ccc(Br)cc1)C(=O)OC(C)(C)C. The molecule has 0 saturated heterocycles. The van der Waals surface area contributed by atoms with Crippen LogP contribution in [0.1, 0.15) is 26.3 Å². The molecule has 0 spiro atoms. The van der Waals surface area contributed by atoms with Crippen LogP contribution < -0.4 is 0 Å². The van der Waals surface area contributed by atoms with Gasteiger partial charge >= 0.3 is 11.9 Å². The van der Waals surface area contributed by atoms with E-state index in [9.17, 15) is 9.59 Å². The number of hydrogen-bond donors (Lipinski definition) is 0. The molecular formula is C15H19BrO4. The molecule has 110 valence electrons. The summed E-state index contributed by atoms with van der Waals surface area (Å²) in [6.45, 7) is 5.29. The highest BCUT2D eigenvalue weighted by Gasteiger charge is 2.32. The van der Waals surface area contributed by atoms with Crippen molar-refractivity contribution in [2.45, 2.75) is 32.8 Å². The van der Waals surface area contributed by atoms with Gasteiger partial charge < -0.3 is 9.47 Å². The molecule has 0 bridgehead atoms. The average molecular weight is 343 g/mol. The molecule has 0 heterocycles. The Morgan fingerprint density at radius 2 is 1.70 bits per heavy atom. The third kappa shape index (κ3) is 5.33. The molecule has 20 heavy (non-hydrogen) atoms. The van der Waals surface area contributed by atoms with Crippen LogP contribution in [0.3, 0.4) is 0 Å². The molecule has 0 radical (unpaired) electrons. The molecule has 0 aromatic heterocycles. The molecule has 0 aliphatic carbocycles.